The fourth-order valence-electron chi connectivity index (χ4n) is 3.69. The van der Waals surface area contributed by atoms with E-state index in [0.29, 0.717) is 12.1 Å². The minimum atomic E-state index is -0.00865. The molecule has 1 fully saturated rings. The Bertz CT molecular complexity index is 852. The van der Waals surface area contributed by atoms with Crippen molar-refractivity contribution in [3.05, 3.63) is 70.5 Å². The Morgan fingerprint density at radius 1 is 1.24 bits per heavy atom. The van der Waals surface area contributed by atoms with Crippen molar-refractivity contribution in [1.29, 1.82) is 5.26 Å². The number of benzene rings is 1. The molecule has 1 heterocycles. The van der Waals surface area contributed by atoms with Crippen LogP contribution in [0.25, 0.3) is 0 Å². The number of piperazine rings is 1. The number of nitrogens with zero attached hydrogens (tertiary/aromatic N) is 3. The second-order valence-electron chi connectivity index (χ2n) is 7.33. The van der Waals surface area contributed by atoms with Gasteiger partial charge in [-0.25, -0.2) is 0 Å². The molecule has 1 amide bonds. The number of carbonyl (C=O) groups is 1. The first kappa shape index (κ1) is 22.4. The zero-order valence-corrected chi connectivity index (χ0v) is 18.1. The molecule has 2 rings (SSSR count). The number of nitrogens with one attached hydrogen (secondary N) is 1. The first-order valence-electron chi connectivity index (χ1n) is 10.2. The molecule has 0 radical (unpaired) electrons. The van der Waals surface area contributed by atoms with Crippen LogP contribution in [0.3, 0.4) is 0 Å². The first-order chi connectivity index (χ1) is 13.9. The summed E-state index contributed by atoms with van der Waals surface area (Å²) >= 11 is 0. The molecule has 1 saturated heterocycles. The predicted molar refractivity (Wildman–Crippen MR) is 118 cm³/mol. The molecule has 0 unspecified atom stereocenters. The van der Waals surface area contributed by atoms with Gasteiger partial charge in [0.15, 0.2) is 0 Å². The molecule has 0 aliphatic carbocycles. The maximum absolute atomic E-state index is 12.3. The topological polar surface area (TPSA) is 59.4 Å². The summed E-state index contributed by atoms with van der Waals surface area (Å²) in [5, 5.41) is 12.3. The van der Waals surface area contributed by atoms with E-state index >= 15 is 0 Å². The van der Waals surface area contributed by atoms with Crippen molar-refractivity contribution < 1.29 is 4.79 Å². The van der Waals surface area contributed by atoms with Gasteiger partial charge in [-0.15, -0.1) is 0 Å². The molecule has 154 valence electrons. The lowest BCUT2D eigenvalue weighted by Gasteiger charge is -2.37. The van der Waals surface area contributed by atoms with E-state index in [2.05, 4.69) is 40.8 Å². The molecular formula is C24H32N4O. The Hall–Kier alpha value is -2.84. The van der Waals surface area contributed by atoms with E-state index in [-0.39, 0.29) is 5.91 Å². The van der Waals surface area contributed by atoms with Crippen LogP contribution in [0, 0.1) is 25.2 Å². The van der Waals surface area contributed by atoms with E-state index in [4.69, 9.17) is 0 Å². The van der Waals surface area contributed by atoms with Crippen molar-refractivity contribution in [2.45, 2.75) is 34.2 Å². The van der Waals surface area contributed by atoms with Gasteiger partial charge in [0.2, 0.25) is 0 Å². The van der Waals surface area contributed by atoms with E-state index in [1.54, 1.807) is 6.08 Å². The monoisotopic (exact) mass is 392 g/mol. The van der Waals surface area contributed by atoms with E-state index in [0.717, 1.165) is 49.5 Å². The van der Waals surface area contributed by atoms with Crippen molar-refractivity contribution >= 4 is 5.91 Å². The average molecular weight is 393 g/mol. The Morgan fingerprint density at radius 2 is 1.93 bits per heavy atom. The summed E-state index contributed by atoms with van der Waals surface area (Å²) in [5.41, 5.74) is 5.72. The minimum Gasteiger partial charge on any atom is -0.368 e. The van der Waals surface area contributed by atoms with Crippen molar-refractivity contribution in [2.75, 3.05) is 32.7 Å². The molecule has 0 spiro atoms. The lowest BCUT2D eigenvalue weighted by atomic mass is 9.98. The molecule has 1 aliphatic rings. The zero-order chi connectivity index (χ0) is 21.4. The maximum atomic E-state index is 12.3. The van der Waals surface area contributed by atoms with Crippen molar-refractivity contribution in [3.63, 3.8) is 0 Å². The number of hydrogen-bond acceptors (Lipinski definition) is 4. The largest absolute Gasteiger partial charge is 0.368 e. The zero-order valence-electron chi connectivity index (χ0n) is 18.1. The molecular weight excluding hydrogens is 360 g/mol. The Morgan fingerprint density at radius 3 is 2.48 bits per heavy atom. The van der Waals surface area contributed by atoms with E-state index in [1.807, 2.05) is 39.0 Å². The summed E-state index contributed by atoms with van der Waals surface area (Å²) in [7, 11) is 0. The molecule has 1 aliphatic heterocycles. The van der Waals surface area contributed by atoms with Crippen LogP contribution >= 0.6 is 0 Å². The summed E-state index contributed by atoms with van der Waals surface area (Å²) in [5.74, 6) is -0.00865. The van der Waals surface area contributed by atoms with Gasteiger partial charge in [0.25, 0.3) is 5.91 Å². The van der Waals surface area contributed by atoms with Gasteiger partial charge in [-0.2, -0.15) is 5.26 Å². The molecule has 0 atom stereocenters. The molecule has 0 aromatic heterocycles. The summed E-state index contributed by atoms with van der Waals surface area (Å²) in [4.78, 5) is 17.0. The fourth-order valence-corrected chi connectivity index (χ4v) is 3.69. The van der Waals surface area contributed by atoms with E-state index < -0.39 is 0 Å². The normalized spacial score (nSPS) is 15.8. The van der Waals surface area contributed by atoms with Crippen LogP contribution < -0.4 is 5.32 Å². The van der Waals surface area contributed by atoms with Gasteiger partial charge in [0.05, 0.1) is 11.3 Å². The van der Waals surface area contributed by atoms with Gasteiger partial charge >= 0.3 is 0 Å². The number of aryl methyl sites for hydroxylation is 2. The highest BCUT2D eigenvalue weighted by Gasteiger charge is 2.21. The lowest BCUT2D eigenvalue weighted by Crippen LogP contribution is -2.45. The number of rotatable bonds is 7. The third-order valence-electron chi connectivity index (χ3n) is 5.30. The van der Waals surface area contributed by atoms with Crippen LogP contribution in [-0.2, 0) is 6.54 Å². The van der Waals surface area contributed by atoms with Crippen LogP contribution in [0.15, 0.2) is 48.2 Å². The van der Waals surface area contributed by atoms with Crippen LogP contribution in [0.4, 0.5) is 0 Å². The van der Waals surface area contributed by atoms with Gasteiger partial charge < -0.3 is 10.2 Å². The highest BCUT2D eigenvalue weighted by atomic mass is 16.1. The van der Waals surface area contributed by atoms with E-state index in [1.165, 1.54) is 11.1 Å². The fraction of sp³-hybridized carbons (Fsp3) is 0.417. The number of carbonyl (C=O) groups excluding carboxylic acids is 1. The number of amides is 1. The number of hydrogen-bond donors (Lipinski definition) is 1. The predicted octanol–water partition coefficient (Wildman–Crippen LogP) is 3.71. The van der Waals surface area contributed by atoms with Gasteiger partial charge in [0, 0.05) is 44.8 Å². The number of allylic oxidation sites excluding steroid dienone is 4. The Kier molecular flexibility index (Phi) is 8.23. The maximum Gasteiger partial charge on any atom is 0.251 e. The smallest absolute Gasteiger partial charge is 0.251 e. The first-order valence-corrected chi connectivity index (χ1v) is 10.2. The molecule has 0 saturated carbocycles. The van der Waals surface area contributed by atoms with Crippen LogP contribution in [0.5, 0.6) is 0 Å². The molecule has 0 bridgehead atoms. The standard InChI is InChI=1S/C24H32N4O/c1-6-9-23(20(7-2)16-25)28-12-10-27(11-13-28)17-21-15-22(24(29)26-8-3)19(5)14-18(21)4/h6-7,9,14-15H,2,8,10-13,17H2,1,3-5H3,(H,26,29)/b9-6-,23-20-. The summed E-state index contributed by atoms with van der Waals surface area (Å²) in [6, 6.07) is 6.39. The molecule has 1 N–H and O–H groups in total. The third-order valence-corrected chi connectivity index (χ3v) is 5.30. The summed E-state index contributed by atoms with van der Waals surface area (Å²) < 4.78 is 0. The second-order valence-corrected chi connectivity index (χ2v) is 7.33. The number of nitriles is 1. The summed E-state index contributed by atoms with van der Waals surface area (Å²) in [6.45, 7) is 16.7. The van der Waals surface area contributed by atoms with Crippen molar-refractivity contribution in [3.8, 4) is 6.07 Å². The lowest BCUT2D eigenvalue weighted by molar-refractivity contribution is 0.0955. The molecule has 5 heteroatoms. The summed E-state index contributed by atoms with van der Waals surface area (Å²) in [6.07, 6.45) is 5.57. The molecule has 29 heavy (non-hydrogen) atoms. The second kappa shape index (κ2) is 10.6. The Labute approximate surface area is 175 Å². The quantitative estimate of drug-likeness (QED) is 0.568. The van der Waals surface area contributed by atoms with Gasteiger partial charge in [-0.3, -0.25) is 9.69 Å². The molecule has 1 aromatic carbocycles. The van der Waals surface area contributed by atoms with E-state index in [9.17, 15) is 10.1 Å². The molecule has 1 aromatic rings. The third kappa shape index (κ3) is 5.58. The van der Waals surface area contributed by atoms with Crippen LogP contribution in [0.1, 0.15) is 40.9 Å². The minimum absolute atomic E-state index is 0.00865. The van der Waals surface area contributed by atoms with Gasteiger partial charge in [0.1, 0.15) is 6.07 Å². The SMILES string of the molecule is C=C/C(C#N)=C(\C=C/C)N1CCN(Cc2cc(C(=O)NCC)c(C)cc2C)CC1. The Balaban J connectivity index is 2.12. The average Bonchev–Trinajstić information content (AvgIpc) is 2.71. The van der Waals surface area contributed by atoms with Gasteiger partial charge in [-0.05, 0) is 62.6 Å². The molecule has 5 nitrogen and oxygen atoms in total. The van der Waals surface area contributed by atoms with Gasteiger partial charge in [-0.1, -0.05) is 18.7 Å². The highest BCUT2D eigenvalue weighted by molar-refractivity contribution is 5.95. The van der Waals surface area contributed by atoms with Crippen LogP contribution in [-0.4, -0.2) is 48.4 Å². The van der Waals surface area contributed by atoms with Crippen molar-refractivity contribution in [2.24, 2.45) is 0 Å². The van der Waals surface area contributed by atoms with Crippen molar-refractivity contribution in [1.82, 2.24) is 15.1 Å². The highest BCUT2D eigenvalue weighted by Crippen LogP contribution is 2.21. The van der Waals surface area contributed by atoms with Crippen LogP contribution in [0.2, 0.25) is 0 Å².